The van der Waals surface area contributed by atoms with E-state index < -0.39 is 17.9 Å². The first-order chi connectivity index (χ1) is 38.4. The number of amidine groups is 1. The number of hydrogen-bond donors (Lipinski definition) is 4. The Bertz CT molecular complexity index is 2770. The van der Waals surface area contributed by atoms with Crippen LogP contribution in [0.3, 0.4) is 0 Å². The number of nitrogens with zero attached hydrogens (tertiary/aromatic N) is 5. The molecule has 19 heteroatoms. The summed E-state index contributed by atoms with van der Waals surface area (Å²) in [5, 5.41) is 5.45. The molecule has 3 aliphatic rings. The molecular weight excluding hydrogens is 1020 g/mol. The third kappa shape index (κ3) is 18.6. The number of anilines is 2. The topological polar surface area (TPSA) is 274 Å². The number of carbonyl (C=O) groups excluding carboxylic acids is 9. The van der Waals surface area contributed by atoms with Crippen molar-refractivity contribution >= 4 is 82.1 Å². The van der Waals surface area contributed by atoms with Gasteiger partial charge in [0, 0.05) is 118 Å². The Morgan fingerprint density at radius 1 is 0.838 bits per heavy atom. The van der Waals surface area contributed by atoms with Gasteiger partial charge in [-0.1, -0.05) is 64.4 Å². The molecule has 6 rings (SSSR count). The first-order valence-corrected chi connectivity index (χ1v) is 28.3. The summed E-state index contributed by atoms with van der Waals surface area (Å²) in [6.07, 6.45) is 12.6. The van der Waals surface area contributed by atoms with Gasteiger partial charge in [0.2, 0.25) is 5.91 Å². The van der Waals surface area contributed by atoms with Crippen molar-refractivity contribution in [2.75, 3.05) is 49.5 Å². The SMILES string of the molecule is CCCN(CCC)C(=O)C1=Cc2ccc(C(=O)Nc3ccc(N4CCC(CC(=O)OCc5ccc(CC(=O)[C@H](CCCNC(N)=O)CC(=O)[C@@H](CC(=O)CCCCCN6C(=O)C=CC6=O)C(C)C)cc5)CC4)nc3)cc2N=C(N)C1. The minimum Gasteiger partial charge on any atom is -0.461 e. The number of Topliss-reactive ketones (excluding diaryl/α,β-unsaturated/α-hetero) is 3. The second-order valence-electron chi connectivity index (χ2n) is 21.5. The third-order valence-corrected chi connectivity index (χ3v) is 14.8. The fourth-order valence-electron chi connectivity index (χ4n) is 10.3. The molecule has 3 aliphatic heterocycles. The highest BCUT2D eigenvalue weighted by Gasteiger charge is 2.31. The molecule has 2 aromatic carbocycles. The first kappa shape index (κ1) is 61.4. The van der Waals surface area contributed by atoms with Gasteiger partial charge in [-0.3, -0.25) is 43.3 Å². The quantitative estimate of drug-likeness (QED) is 0.0271. The number of nitrogens with one attached hydrogen (secondary N) is 2. The fraction of sp³-hybridized carbons (Fsp3) is 0.492. The number of pyridine rings is 1. The minimum atomic E-state index is -0.680. The number of imide groups is 1. The molecule has 19 nitrogen and oxygen atoms in total. The maximum absolute atomic E-state index is 13.8. The molecule has 2 atom stereocenters. The standard InChI is InChI=1S/C61H79N9O10/c1-5-26-69(27-6-2)60(78)47-33-44-17-18-46(34-51(44)67-54(62)36-47)59(77)66-48-19-20-55(65-38-48)68-29-23-42(24-30-68)32-58(76)80-39-43-15-13-41(14-16-43)31-52(72)45(11-10-25-64-61(63)79)35-53(73)50(40(3)4)37-49(71)12-8-7-9-28-70-56(74)21-22-57(70)75/h13-22,33-34,38,40,42,45,50H,5-12,23-32,35-37,39H2,1-4H3,(H2,62,67)(H,66,77)(H3,63,64,79)/t45-,50+/m1/s1. The van der Waals surface area contributed by atoms with E-state index in [1.54, 1.807) is 30.5 Å². The number of nitrogens with two attached hydrogens (primary N) is 2. The Hall–Kier alpha value is -7.83. The smallest absolute Gasteiger partial charge is 0.312 e. The predicted molar refractivity (Wildman–Crippen MR) is 306 cm³/mol. The number of esters is 1. The highest BCUT2D eigenvalue weighted by atomic mass is 16.5. The zero-order chi connectivity index (χ0) is 57.7. The van der Waals surface area contributed by atoms with Crippen LogP contribution >= 0.6 is 0 Å². The zero-order valence-corrected chi connectivity index (χ0v) is 46.8. The molecule has 0 aliphatic carbocycles. The predicted octanol–water partition coefficient (Wildman–Crippen LogP) is 7.96. The summed E-state index contributed by atoms with van der Waals surface area (Å²) in [5.74, 6) is -1.85. The Morgan fingerprint density at radius 2 is 1.54 bits per heavy atom. The summed E-state index contributed by atoms with van der Waals surface area (Å²) in [6.45, 7) is 11.2. The lowest BCUT2D eigenvalue weighted by molar-refractivity contribution is -0.146. The number of aliphatic imine (C=N–C) groups is 1. The molecule has 3 aromatic rings. The summed E-state index contributed by atoms with van der Waals surface area (Å²) in [7, 11) is 0. The number of carbonyl (C=O) groups is 9. The number of piperidine rings is 1. The van der Waals surface area contributed by atoms with E-state index in [2.05, 4.69) is 25.5 Å². The molecule has 0 bridgehead atoms. The highest BCUT2D eigenvalue weighted by Crippen LogP contribution is 2.31. The maximum Gasteiger partial charge on any atom is 0.312 e. The van der Waals surface area contributed by atoms with Gasteiger partial charge < -0.3 is 36.6 Å². The number of unbranched alkanes of at least 4 members (excludes halogenated alkanes) is 2. The van der Waals surface area contributed by atoms with Crippen LogP contribution in [0.5, 0.6) is 0 Å². The normalized spacial score (nSPS) is 15.1. The largest absolute Gasteiger partial charge is 0.461 e. The van der Waals surface area contributed by atoms with E-state index >= 15 is 0 Å². The second-order valence-corrected chi connectivity index (χ2v) is 21.5. The summed E-state index contributed by atoms with van der Waals surface area (Å²) >= 11 is 0. The van der Waals surface area contributed by atoms with Crippen LogP contribution in [0.1, 0.15) is 145 Å². The number of rotatable bonds is 31. The van der Waals surface area contributed by atoms with Crippen LogP contribution in [-0.4, -0.2) is 113 Å². The van der Waals surface area contributed by atoms with Crippen LogP contribution in [0.2, 0.25) is 0 Å². The van der Waals surface area contributed by atoms with Crippen LogP contribution < -0.4 is 27.0 Å². The number of benzene rings is 2. The lowest BCUT2D eigenvalue weighted by atomic mass is 9.80. The van der Waals surface area contributed by atoms with Gasteiger partial charge in [0.25, 0.3) is 17.7 Å². The van der Waals surface area contributed by atoms with Gasteiger partial charge in [0.15, 0.2) is 0 Å². The zero-order valence-electron chi connectivity index (χ0n) is 46.8. The van der Waals surface area contributed by atoms with E-state index in [9.17, 15) is 43.2 Å². The Balaban J connectivity index is 0.920. The van der Waals surface area contributed by atoms with Crippen molar-refractivity contribution < 1.29 is 47.9 Å². The Morgan fingerprint density at radius 3 is 2.19 bits per heavy atom. The first-order valence-electron chi connectivity index (χ1n) is 28.3. The van der Waals surface area contributed by atoms with Gasteiger partial charge in [0.05, 0.1) is 17.6 Å². The van der Waals surface area contributed by atoms with Gasteiger partial charge in [-0.05, 0) is 105 Å². The van der Waals surface area contributed by atoms with Crippen molar-refractivity contribution in [2.45, 2.75) is 131 Å². The molecule has 80 heavy (non-hydrogen) atoms. The number of aromatic nitrogens is 1. The molecule has 6 amide bonds. The number of urea groups is 1. The molecule has 0 radical (unpaired) electrons. The fourth-order valence-corrected chi connectivity index (χ4v) is 10.3. The molecule has 1 aromatic heterocycles. The van der Waals surface area contributed by atoms with E-state index in [1.807, 2.05) is 69.0 Å². The maximum atomic E-state index is 13.8. The van der Waals surface area contributed by atoms with Crippen LogP contribution in [0, 0.1) is 23.7 Å². The van der Waals surface area contributed by atoms with Crippen molar-refractivity contribution in [3.63, 3.8) is 0 Å². The van der Waals surface area contributed by atoms with Crippen molar-refractivity contribution in [1.82, 2.24) is 20.1 Å². The van der Waals surface area contributed by atoms with Crippen LogP contribution in [0.25, 0.3) is 6.08 Å². The van der Waals surface area contributed by atoms with Crippen LogP contribution in [0.4, 0.5) is 22.0 Å². The van der Waals surface area contributed by atoms with Crippen LogP contribution in [0.15, 0.2) is 83.5 Å². The molecular formula is C61H79N9O10. The molecule has 1 saturated heterocycles. The number of amides is 6. The lowest BCUT2D eigenvalue weighted by Crippen LogP contribution is -2.35. The van der Waals surface area contributed by atoms with E-state index in [1.165, 1.54) is 17.1 Å². The number of primary amides is 1. The minimum absolute atomic E-state index is 0.0361. The third-order valence-electron chi connectivity index (χ3n) is 14.8. The molecule has 1 fully saturated rings. The van der Waals surface area contributed by atoms with Gasteiger partial charge in [-0.25, -0.2) is 14.8 Å². The summed E-state index contributed by atoms with van der Waals surface area (Å²) < 4.78 is 5.67. The van der Waals surface area contributed by atoms with Gasteiger partial charge >= 0.3 is 12.0 Å². The molecule has 0 unspecified atom stereocenters. The van der Waals surface area contributed by atoms with Crippen LogP contribution in [-0.2, 0) is 51.3 Å². The van der Waals surface area contributed by atoms with E-state index in [0.717, 1.165) is 42.6 Å². The average Bonchev–Trinajstić information content (AvgIpc) is 3.67. The Labute approximate surface area is 469 Å². The Kier molecular flexibility index (Phi) is 23.4. The number of ether oxygens (including phenoxy) is 1. The number of hydrogen-bond acceptors (Lipinski definition) is 14. The van der Waals surface area contributed by atoms with Gasteiger partial charge in [-0.2, -0.15) is 0 Å². The van der Waals surface area contributed by atoms with Crippen molar-refractivity contribution in [3.8, 4) is 0 Å². The molecule has 0 spiro atoms. The summed E-state index contributed by atoms with van der Waals surface area (Å²) in [4.78, 5) is 130. The van der Waals surface area contributed by atoms with E-state index in [-0.39, 0.29) is 110 Å². The molecule has 0 saturated carbocycles. The highest BCUT2D eigenvalue weighted by molar-refractivity contribution is 6.13. The van der Waals surface area contributed by atoms with Crippen molar-refractivity contribution in [1.29, 1.82) is 0 Å². The monoisotopic (exact) mass is 1100 g/mol. The van der Waals surface area contributed by atoms with Crippen molar-refractivity contribution in [3.05, 3.63) is 101 Å². The molecule has 6 N–H and O–H groups in total. The van der Waals surface area contributed by atoms with Gasteiger partial charge in [0.1, 0.15) is 35.6 Å². The second kappa shape index (κ2) is 30.5. The van der Waals surface area contributed by atoms with Crippen molar-refractivity contribution in [2.24, 2.45) is 40.1 Å². The summed E-state index contributed by atoms with van der Waals surface area (Å²) in [5.41, 5.74) is 15.7. The van der Waals surface area contributed by atoms with E-state index in [0.29, 0.717) is 98.7 Å². The average molecular weight is 1100 g/mol. The molecule has 4 heterocycles. The number of fused-ring (bicyclic) bond motifs is 1. The van der Waals surface area contributed by atoms with Gasteiger partial charge in [-0.15, -0.1) is 0 Å². The lowest BCUT2D eigenvalue weighted by Gasteiger charge is -2.32. The van der Waals surface area contributed by atoms with E-state index in [4.69, 9.17) is 16.2 Å². The summed E-state index contributed by atoms with van der Waals surface area (Å²) in [6, 6.07) is 15.4. The number of ketones is 3. The molecule has 428 valence electrons.